The summed E-state index contributed by atoms with van der Waals surface area (Å²) in [5, 5.41) is 13.9. The van der Waals surface area contributed by atoms with Gasteiger partial charge in [-0.2, -0.15) is 5.26 Å². The van der Waals surface area contributed by atoms with Gasteiger partial charge in [0.2, 0.25) is 5.91 Å². The van der Waals surface area contributed by atoms with E-state index in [1.807, 2.05) is 48.7 Å². The molecular weight excluding hydrogens is 334 g/mol. The highest BCUT2D eigenvalue weighted by Gasteiger charge is 2.37. The van der Waals surface area contributed by atoms with Gasteiger partial charge in [-0.3, -0.25) is 4.79 Å². The van der Waals surface area contributed by atoms with Gasteiger partial charge in [-0.25, -0.2) is 0 Å². The number of carbonyl (C=O) groups is 1. The number of aromatic nitrogens is 1. The lowest BCUT2D eigenvalue weighted by Crippen LogP contribution is -2.27. The van der Waals surface area contributed by atoms with E-state index in [1.165, 1.54) is 0 Å². The summed E-state index contributed by atoms with van der Waals surface area (Å²) in [6.45, 7) is 1.98. The summed E-state index contributed by atoms with van der Waals surface area (Å²) < 4.78 is 6.03. The molecule has 3 aromatic rings. The van der Waals surface area contributed by atoms with Crippen LogP contribution in [0, 0.1) is 11.3 Å². The van der Waals surface area contributed by atoms with Crippen LogP contribution >= 0.6 is 11.3 Å². The van der Waals surface area contributed by atoms with Gasteiger partial charge < -0.3 is 15.0 Å². The maximum absolute atomic E-state index is 12.0. The Kier molecular flexibility index (Phi) is 3.68. The van der Waals surface area contributed by atoms with E-state index >= 15 is 0 Å². The molecule has 124 valence electrons. The van der Waals surface area contributed by atoms with Crippen LogP contribution < -0.4 is 5.32 Å². The third kappa shape index (κ3) is 2.64. The van der Waals surface area contributed by atoms with Crippen LogP contribution in [0.4, 0.5) is 5.69 Å². The van der Waals surface area contributed by atoms with Gasteiger partial charge in [0.25, 0.3) is 0 Å². The Hall–Kier alpha value is -2.88. The van der Waals surface area contributed by atoms with E-state index in [0.29, 0.717) is 5.69 Å². The van der Waals surface area contributed by atoms with Crippen molar-refractivity contribution in [3.63, 3.8) is 0 Å². The molecule has 3 heterocycles. The Bertz CT molecular complexity index is 985. The first-order chi connectivity index (χ1) is 12.1. The van der Waals surface area contributed by atoms with E-state index in [1.54, 1.807) is 17.4 Å². The Morgan fingerprint density at radius 3 is 2.88 bits per heavy atom. The SMILES string of the molecule is CC1(c2cccs2)OCC(=O)Nc2ccc(-c3ccc(C#N)[nH]3)cc21. The number of nitrogens with one attached hydrogen (secondary N) is 2. The van der Waals surface area contributed by atoms with E-state index in [9.17, 15) is 4.79 Å². The number of benzene rings is 1. The van der Waals surface area contributed by atoms with Gasteiger partial charge in [-0.1, -0.05) is 12.1 Å². The lowest BCUT2D eigenvalue weighted by atomic mass is 9.90. The first-order valence-corrected chi connectivity index (χ1v) is 8.70. The summed E-state index contributed by atoms with van der Waals surface area (Å²) in [6, 6.07) is 15.5. The Morgan fingerprint density at radius 1 is 1.28 bits per heavy atom. The largest absolute Gasteiger partial charge is 0.355 e. The second-order valence-corrected chi connectivity index (χ2v) is 6.95. The molecule has 2 aromatic heterocycles. The molecule has 0 bridgehead atoms. The van der Waals surface area contributed by atoms with E-state index < -0.39 is 5.60 Å². The van der Waals surface area contributed by atoms with Crippen molar-refractivity contribution in [3.05, 3.63) is 64.0 Å². The van der Waals surface area contributed by atoms with Gasteiger partial charge in [0.1, 0.15) is 24.0 Å². The molecule has 25 heavy (non-hydrogen) atoms. The summed E-state index contributed by atoms with van der Waals surface area (Å²) in [7, 11) is 0. The van der Waals surface area contributed by atoms with E-state index in [-0.39, 0.29) is 12.5 Å². The quantitative estimate of drug-likeness (QED) is 0.738. The molecule has 0 fully saturated rings. The third-order valence-electron chi connectivity index (χ3n) is 4.41. The molecule has 1 amide bonds. The zero-order valence-corrected chi connectivity index (χ0v) is 14.3. The maximum atomic E-state index is 12.0. The predicted octanol–water partition coefficient (Wildman–Crippen LogP) is 3.85. The van der Waals surface area contributed by atoms with Crippen molar-refractivity contribution in [1.29, 1.82) is 5.26 Å². The number of anilines is 1. The van der Waals surface area contributed by atoms with Gasteiger partial charge in [0, 0.05) is 21.8 Å². The number of nitrogens with zero attached hydrogens (tertiary/aromatic N) is 1. The molecule has 1 aromatic carbocycles. The van der Waals surface area contributed by atoms with Crippen molar-refractivity contribution in [2.75, 3.05) is 11.9 Å². The Morgan fingerprint density at radius 2 is 2.16 bits per heavy atom. The van der Waals surface area contributed by atoms with Crippen molar-refractivity contribution in [3.8, 4) is 17.3 Å². The number of hydrogen-bond donors (Lipinski definition) is 2. The van der Waals surface area contributed by atoms with Crippen LogP contribution in [0.1, 0.15) is 23.1 Å². The molecule has 1 aliphatic heterocycles. The first-order valence-electron chi connectivity index (χ1n) is 7.82. The molecule has 1 unspecified atom stereocenters. The standard InChI is InChI=1S/C19H15N3O2S/c1-19(17-3-2-8-25-17)14-9-12(15-7-5-13(10-20)21-15)4-6-16(14)22-18(23)11-24-19/h2-9,21H,11H2,1H3,(H,22,23). The Balaban J connectivity index is 1.89. The fourth-order valence-corrected chi connectivity index (χ4v) is 3.93. The number of rotatable bonds is 2. The summed E-state index contributed by atoms with van der Waals surface area (Å²) >= 11 is 1.60. The minimum absolute atomic E-state index is 0.000500. The molecule has 5 nitrogen and oxygen atoms in total. The van der Waals surface area contributed by atoms with Crippen molar-refractivity contribution in [1.82, 2.24) is 4.98 Å². The molecule has 0 aliphatic carbocycles. The van der Waals surface area contributed by atoms with Crippen molar-refractivity contribution in [2.45, 2.75) is 12.5 Å². The number of hydrogen-bond acceptors (Lipinski definition) is 4. The molecule has 4 rings (SSSR count). The zero-order chi connectivity index (χ0) is 17.4. The summed E-state index contributed by atoms with van der Waals surface area (Å²) in [5.41, 5.74) is 3.21. The Labute approximate surface area is 148 Å². The number of thiophene rings is 1. The van der Waals surface area contributed by atoms with E-state index in [4.69, 9.17) is 10.00 Å². The molecule has 0 saturated carbocycles. The average Bonchev–Trinajstić information content (AvgIpc) is 3.30. The van der Waals surface area contributed by atoms with Crippen molar-refractivity contribution >= 4 is 22.9 Å². The fraction of sp³-hybridized carbons (Fsp3) is 0.158. The number of fused-ring (bicyclic) bond motifs is 1. The molecule has 1 aliphatic rings. The molecular formula is C19H15N3O2S. The topological polar surface area (TPSA) is 77.9 Å². The molecule has 0 radical (unpaired) electrons. The minimum atomic E-state index is -0.719. The van der Waals surface area contributed by atoms with Gasteiger partial charge in [0.15, 0.2) is 0 Å². The molecule has 0 spiro atoms. The highest BCUT2D eigenvalue weighted by molar-refractivity contribution is 7.10. The van der Waals surface area contributed by atoms with E-state index in [2.05, 4.69) is 16.4 Å². The second-order valence-electron chi connectivity index (χ2n) is 6.01. The van der Waals surface area contributed by atoms with Gasteiger partial charge in [0.05, 0.1) is 0 Å². The summed E-state index contributed by atoms with van der Waals surface area (Å²) in [5.74, 6) is -0.166. The highest BCUT2D eigenvalue weighted by Crippen LogP contribution is 2.42. The highest BCUT2D eigenvalue weighted by atomic mass is 32.1. The van der Waals surface area contributed by atoms with Crippen LogP contribution in [-0.2, 0) is 15.1 Å². The van der Waals surface area contributed by atoms with Gasteiger partial charge in [-0.15, -0.1) is 11.3 Å². The normalized spacial score (nSPS) is 19.6. The average molecular weight is 349 g/mol. The van der Waals surface area contributed by atoms with Crippen LogP contribution in [0.25, 0.3) is 11.3 Å². The zero-order valence-electron chi connectivity index (χ0n) is 13.5. The maximum Gasteiger partial charge on any atom is 0.250 e. The fourth-order valence-electron chi connectivity index (χ4n) is 3.07. The van der Waals surface area contributed by atoms with Crippen LogP contribution in [0.3, 0.4) is 0 Å². The summed E-state index contributed by atoms with van der Waals surface area (Å²) in [4.78, 5) is 16.1. The number of amides is 1. The number of H-pyrrole nitrogens is 1. The molecule has 1 atom stereocenters. The lowest BCUT2D eigenvalue weighted by Gasteiger charge is -2.29. The molecule has 6 heteroatoms. The van der Waals surface area contributed by atoms with Crippen LogP contribution in [0.5, 0.6) is 0 Å². The lowest BCUT2D eigenvalue weighted by molar-refractivity contribution is -0.124. The minimum Gasteiger partial charge on any atom is -0.355 e. The number of ether oxygens (including phenoxy) is 1. The van der Waals surface area contributed by atoms with Crippen LogP contribution in [-0.4, -0.2) is 17.5 Å². The first kappa shape index (κ1) is 15.6. The van der Waals surface area contributed by atoms with Crippen LogP contribution in [0.15, 0.2) is 47.8 Å². The second kappa shape index (κ2) is 5.88. The third-order valence-corrected chi connectivity index (χ3v) is 5.48. The number of carbonyl (C=O) groups excluding carboxylic acids is 1. The van der Waals surface area contributed by atoms with E-state index in [0.717, 1.165) is 27.4 Å². The molecule has 0 saturated heterocycles. The van der Waals surface area contributed by atoms with Gasteiger partial charge >= 0.3 is 0 Å². The van der Waals surface area contributed by atoms with Crippen molar-refractivity contribution < 1.29 is 9.53 Å². The van der Waals surface area contributed by atoms with Crippen molar-refractivity contribution in [2.24, 2.45) is 0 Å². The number of nitriles is 1. The molecule has 2 N–H and O–H groups in total. The number of aromatic amines is 1. The van der Waals surface area contributed by atoms with Gasteiger partial charge in [-0.05, 0) is 48.2 Å². The van der Waals surface area contributed by atoms with Crippen LogP contribution in [0.2, 0.25) is 0 Å². The predicted molar refractivity (Wildman–Crippen MR) is 96.3 cm³/mol. The smallest absolute Gasteiger partial charge is 0.250 e. The monoisotopic (exact) mass is 349 g/mol. The summed E-state index contributed by atoms with van der Waals surface area (Å²) in [6.07, 6.45) is 0.